The molecule has 0 fully saturated rings. The minimum absolute atomic E-state index is 0.0792. The molecule has 4 rings (SSSR count). The number of nitrogens with one attached hydrogen (secondary N) is 1. The largest absolute Gasteiger partial charge is 0.358 e. The van der Waals surface area contributed by atoms with Crippen molar-refractivity contribution in [2.45, 2.75) is 26.3 Å². The molecule has 0 unspecified atom stereocenters. The van der Waals surface area contributed by atoms with E-state index in [4.69, 9.17) is 0 Å². The molecule has 25 heavy (non-hydrogen) atoms. The van der Waals surface area contributed by atoms with Gasteiger partial charge in [0.15, 0.2) is 0 Å². The number of fused-ring (bicyclic) bond motifs is 3. The number of benzene rings is 2. The zero-order valence-corrected chi connectivity index (χ0v) is 14.5. The first-order valence-corrected chi connectivity index (χ1v) is 8.89. The lowest BCUT2D eigenvalue weighted by Gasteiger charge is -2.26. The smallest absolute Gasteiger partial charge is 0.246 e. The van der Waals surface area contributed by atoms with Crippen molar-refractivity contribution in [2.75, 3.05) is 6.54 Å². The van der Waals surface area contributed by atoms with Crippen LogP contribution in [0.3, 0.4) is 0 Å². The van der Waals surface area contributed by atoms with Crippen LogP contribution >= 0.6 is 0 Å². The summed E-state index contributed by atoms with van der Waals surface area (Å²) in [5.41, 5.74) is 6.07. The van der Waals surface area contributed by atoms with Gasteiger partial charge < -0.3 is 9.88 Å². The van der Waals surface area contributed by atoms with Crippen molar-refractivity contribution in [1.29, 1.82) is 0 Å². The van der Waals surface area contributed by atoms with Crippen LogP contribution < -0.4 is 0 Å². The van der Waals surface area contributed by atoms with E-state index in [1.54, 1.807) is 6.08 Å². The van der Waals surface area contributed by atoms with E-state index in [2.05, 4.69) is 54.4 Å². The van der Waals surface area contributed by atoms with Crippen molar-refractivity contribution in [3.63, 3.8) is 0 Å². The number of para-hydroxylation sites is 1. The summed E-state index contributed by atoms with van der Waals surface area (Å²) in [4.78, 5) is 18.0. The van der Waals surface area contributed by atoms with E-state index in [0.29, 0.717) is 6.54 Å². The summed E-state index contributed by atoms with van der Waals surface area (Å²) in [6.45, 7) is 3.58. The van der Waals surface area contributed by atoms with E-state index in [9.17, 15) is 4.79 Å². The number of carbonyl (C=O) groups excluding carboxylic acids is 1. The molecule has 0 radical (unpaired) electrons. The summed E-state index contributed by atoms with van der Waals surface area (Å²) in [5.74, 6) is 0.0792. The predicted octanol–water partition coefficient (Wildman–Crippen LogP) is 4.33. The third-order valence-corrected chi connectivity index (χ3v) is 5.00. The lowest BCUT2D eigenvalue weighted by Crippen LogP contribution is -2.34. The van der Waals surface area contributed by atoms with Gasteiger partial charge in [0.05, 0.1) is 0 Å². The quantitative estimate of drug-likeness (QED) is 0.713. The average Bonchev–Trinajstić information content (AvgIpc) is 3.04. The van der Waals surface area contributed by atoms with Gasteiger partial charge in [-0.25, -0.2) is 0 Å². The van der Waals surface area contributed by atoms with Gasteiger partial charge in [-0.1, -0.05) is 49.4 Å². The monoisotopic (exact) mass is 330 g/mol. The molecule has 0 spiro atoms. The Balaban J connectivity index is 1.50. The maximum atomic E-state index is 12.6. The fourth-order valence-corrected chi connectivity index (χ4v) is 3.49. The topological polar surface area (TPSA) is 36.1 Å². The van der Waals surface area contributed by atoms with Gasteiger partial charge in [0.25, 0.3) is 0 Å². The number of hydrogen-bond donors (Lipinski definition) is 1. The van der Waals surface area contributed by atoms with Crippen LogP contribution in [-0.2, 0) is 24.2 Å². The first-order valence-electron chi connectivity index (χ1n) is 8.89. The van der Waals surface area contributed by atoms with E-state index in [1.807, 2.05) is 17.0 Å². The van der Waals surface area contributed by atoms with Gasteiger partial charge in [0, 0.05) is 47.7 Å². The molecule has 1 aromatic heterocycles. The van der Waals surface area contributed by atoms with Crippen LogP contribution in [0.1, 0.15) is 29.3 Å². The molecular weight excluding hydrogens is 308 g/mol. The molecule has 1 N–H and O–H groups in total. The van der Waals surface area contributed by atoms with Gasteiger partial charge in [-0.3, -0.25) is 4.79 Å². The highest BCUT2D eigenvalue weighted by atomic mass is 16.2. The Morgan fingerprint density at radius 3 is 2.76 bits per heavy atom. The molecule has 3 aromatic rings. The van der Waals surface area contributed by atoms with Crippen LogP contribution in [0.2, 0.25) is 0 Å². The average molecular weight is 330 g/mol. The van der Waals surface area contributed by atoms with Crippen molar-refractivity contribution in [1.82, 2.24) is 9.88 Å². The van der Waals surface area contributed by atoms with E-state index in [0.717, 1.165) is 30.5 Å². The molecule has 126 valence electrons. The molecule has 0 aliphatic carbocycles. The SMILES string of the molecule is CCc1ccc(/C=C/C(=O)N2CCc3[nH]c4ccccc4c3C2)cc1. The minimum atomic E-state index is 0.0792. The maximum Gasteiger partial charge on any atom is 0.246 e. The number of aromatic amines is 1. The van der Waals surface area contributed by atoms with E-state index in [-0.39, 0.29) is 5.91 Å². The van der Waals surface area contributed by atoms with Gasteiger partial charge in [-0.15, -0.1) is 0 Å². The highest BCUT2D eigenvalue weighted by Crippen LogP contribution is 2.27. The summed E-state index contributed by atoms with van der Waals surface area (Å²) >= 11 is 0. The lowest BCUT2D eigenvalue weighted by atomic mass is 10.0. The molecule has 3 heteroatoms. The molecule has 1 aliphatic rings. The highest BCUT2D eigenvalue weighted by molar-refractivity contribution is 5.93. The predicted molar refractivity (Wildman–Crippen MR) is 102 cm³/mol. The number of amides is 1. The van der Waals surface area contributed by atoms with E-state index < -0.39 is 0 Å². The van der Waals surface area contributed by atoms with E-state index >= 15 is 0 Å². The van der Waals surface area contributed by atoms with Crippen molar-refractivity contribution in [2.24, 2.45) is 0 Å². The zero-order chi connectivity index (χ0) is 17.2. The Hall–Kier alpha value is -2.81. The second-order valence-corrected chi connectivity index (χ2v) is 6.57. The third kappa shape index (κ3) is 3.10. The lowest BCUT2D eigenvalue weighted by molar-refractivity contribution is -0.126. The van der Waals surface area contributed by atoms with Gasteiger partial charge in [0.1, 0.15) is 0 Å². The van der Waals surface area contributed by atoms with E-state index in [1.165, 1.54) is 22.2 Å². The second kappa shape index (κ2) is 6.60. The van der Waals surface area contributed by atoms with Crippen molar-refractivity contribution in [3.8, 4) is 0 Å². The summed E-state index contributed by atoms with van der Waals surface area (Å²) in [7, 11) is 0. The number of aryl methyl sites for hydroxylation is 1. The Morgan fingerprint density at radius 1 is 1.16 bits per heavy atom. The Labute approximate surface area is 148 Å². The highest BCUT2D eigenvalue weighted by Gasteiger charge is 2.22. The molecule has 1 amide bonds. The van der Waals surface area contributed by atoms with Crippen molar-refractivity contribution < 1.29 is 4.79 Å². The first-order chi connectivity index (χ1) is 12.2. The van der Waals surface area contributed by atoms with Gasteiger partial charge >= 0.3 is 0 Å². The molecule has 0 atom stereocenters. The summed E-state index contributed by atoms with van der Waals surface area (Å²) < 4.78 is 0. The molecule has 0 saturated heterocycles. The third-order valence-electron chi connectivity index (χ3n) is 5.00. The normalized spacial score (nSPS) is 14.2. The number of carbonyl (C=O) groups is 1. The second-order valence-electron chi connectivity index (χ2n) is 6.57. The minimum Gasteiger partial charge on any atom is -0.358 e. The number of H-pyrrole nitrogens is 1. The zero-order valence-electron chi connectivity index (χ0n) is 14.5. The number of nitrogens with zero attached hydrogens (tertiary/aromatic N) is 1. The molecule has 2 heterocycles. The number of rotatable bonds is 3. The standard InChI is InChI=1S/C22H22N2O/c1-2-16-7-9-17(10-8-16)11-12-22(25)24-14-13-21-19(15-24)18-5-3-4-6-20(18)23-21/h3-12,23H,2,13-15H2,1H3/b12-11+. The summed E-state index contributed by atoms with van der Waals surface area (Å²) in [6.07, 6.45) is 5.52. The van der Waals surface area contributed by atoms with Crippen molar-refractivity contribution >= 4 is 22.9 Å². The molecule has 3 nitrogen and oxygen atoms in total. The van der Waals surface area contributed by atoms with Crippen LogP contribution in [0.4, 0.5) is 0 Å². The van der Waals surface area contributed by atoms with Crippen LogP contribution in [0.25, 0.3) is 17.0 Å². The molecular formula is C22H22N2O. The molecule has 0 saturated carbocycles. The van der Waals surface area contributed by atoms with Gasteiger partial charge in [-0.2, -0.15) is 0 Å². The molecule has 1 aliphatic heterocycles. The van der Waals surface area contributed by atoms with Crippen molar-refractivity contribution in [3.05, 3.63) is 77.0 Å². The van der Waals surface area contributed by atoms with Crippen LogP contribution in [0.5, 0.6) is 0 Å². The fourth-order valence-electron chi connectivity index (χ4n) is 3.49. The first kappa shape index (κ1) is 15.7. The Bertz CT molecular complexity index is 934. The molecule has 0 bridgehead atoms. The number of aromatic nitrogens is 1. The van der Waals surface area contributed by atoms with Gasteiger partial charge in [0.2, 0.25) is 5.91 Å². The summed E-state index contributed by atoms with van der Waals surface area (Å²) in [6, 6.07) is 16.7. The Morgan fingerprint density at radius 2 is 1.96 bits per heavy atom. The molecule has 2 aromatic carbocycles. The fraction of sp³-hybridized carbons (Fsp3) is 0.227. The summed E-state index contributed by atoms with van der Waals surface area (Å²) in [5, 5.41) is 1.23. The maximum absolute atomic E-state index is 12.6. The van der Waals surface area contributed by atoms with Crippen LogP contribution in [-0.4, -0.2) is 22.3 Å². The van der Waals surface area contributed by atoms with Crippen LogP contribution in [0, 0.1) is 0 Å². The van der Waals surface area contributed by atoms with Crippen LogP contribution in [0.15, 0.2) is 54.6 Å². The van der Waals surface area contributed by atoms with Gasteiger partial charge in [-0.05, 0) is 29.7 Å². The number of hydrogen-bond acceptors (Lipinski definition) is 1. The Kier molecular flexibility index (Phi) is 4.14.